The van der Waals surface area contributed by atoms with E-state index in [1.807, 2.05) is 6.92 Å². The monoisotopic (exact) mass is 280 g/mol. The summed E-state index contributed by atoms with van der Waals surface area (Å²) in [4.78, 5) is 4.86. The molecule has 0 bridgehead atoms. The average Bonchev–Trinajstić information content (AvgIpc) is 2.78. The fourth-order valence-electron chi connectivity index (χ4n) is 2.65. The zero-order valence-electron chi connectivity index (χ0n) is 13.8. The maximum atomic E-state index is 10.2. The van der Waals surface area contributed by atoms with E-state index in [0.717, 1.165) is 43.6 Å². The van der Waals surface area contributed by atoms with Crippen LogP contribution in [-0.2, 0) is 19.4 Å². The number of imidazole rings is 1. The number of hydrogen-bond acceptors (Lipinski definition) is 2. The van der Waals surface area contributed by atoms with Crippen molar-refractivity contribution in [1.29, 1.82) is 0 Å². The molecule has 1 rings (SSSR count). The molecule has 116 valence electrons. The maximum absolute atomic E-state index is 10.2. The highest BCUT2D eigenvalue weighted by Crippen LogP contribution is 2.23. The molecule has 20 heavy (non-hydrogen) atoms. The number of rotatable bonds is 10. The van der Waals surface area contributed by atoms with Crippen LogP contribution in [0.3, 0.4) is 0 Å². The standard InChI is InChI=1S/C17H32N2O/c1-5-8-11-15-17(14(4)20)19(13-10-7-3)16(18-15)12-9-6-2/h14,20H,5-13H2,1-4H3. The van der Waals surface area contributed by atoms with Gasteiger partial charge in [-0.3, -0.25) is 0 Å². The first-order valence-electron chi connectivity index (χ1n) is 8.41. The fourth-order valence-corrected chi connectivity index (χ4v) is 2.65. The lowest BCUT2D eigenvalue weighted by atomic mass is 10.1. The molecule has 0 aliphatic rings. The Morgan fingerprint density at radius 1 is 1.00 bits per heavy atom. The van der Waals surface area contributed by atoms with Gasteiger partial charge < -0.3 is 9.67 Å². The maximum Gasteiger partial charge on any atom is 0.109 e. The molecule has 1 aromatic heterocycles. The summed E-state index contributed by atoms with van der Waals surface area (Å²) in [7, 11) is 0. The smallest absolute Gasteiger partial charge is 0.109 e. The third-order valence-corrected chi connectivity index (χ3v) is 3.81. The number of aliphatic hydroxyl groups is 1. The molecule has 0 aliphatic carbocycles. The van der Waals surface area contributed by atoms with Crippen LogP contribution in [0.25, 0.3) is 0 Å². The van der Waals surface area contributed by atoms with Gasteiger partial charge in [-0.1, -0.05) is 40.0 Å². The van der Waals surface area contributed by atoms with Crippen molar-refractivity contribution < 1.29 is 5.11 Å². The summed E-state index contributed by atoms with van der Waals surface area (Å²) in [5.74, 6) is 1.18. The molecule has 0 spiro atoms. The summed E-state index contributed by atoms with van der Waals surface area (Å²) in [5.41, 5.74) is 2.20. The van der Waals surface area contributed by atoms with Crippen LogP contribution in [0.4, 0.5) is 0 Å². The zero-order valence-corrected chi connectivity index (χ0v) is 13.8. The molecule has 1 heterocycles. The van der Waals surface area contributed by atoms with E-state index in [1.54, 1.807) is 0 Å². The van der Waals surface area contributed by atoms with Crippen LogP contribution in [0.1, 0.15) is 89.5 Å². The Labute approximate surface area is 124 Å². The van der Waals surface area contributed by atoms with E-state index in [0.29, 0.717) is 0 Å². The van der Waals surface area contributed by atoms with Crippen molar-refractivity contribution >= 4 is 0 Å². The third kappa shape index (κ3) is 4.62. The van der Waals surface area contributed by atoms with Gasteiger partial charge in [0.1, 0.15) is 5.82 Å². The summed E-state index contributed by atoms with van der Waals surface area (Å²) in [6.07, 6.45) is 8.63. The molecule has 0 radical (unpaired) electrons. The lowest BCUT2D eigenvalue weighted by molar-refractivity contribution is 0.187. The molecule has 1 aromatic rings. The first kappa shape index (κ1) is 17.2. The number of aliphatic hydroxyl groups excluding tert-OH is 1. The van der Waals surface area contributed by atoms with Crippen LogP contribution >= 0.6 is 0 Å². The van der Waals surface area contributed by atoms with Gasteiger partial charge in [0, 0.05) is 13.0 Å². The van der Waals surface area contributed by atoms with Crippen LogP contribution < -0.4 is 0 Å². The highest BCUT2D eigenvalue weighted by Gasteiger charge is 2.19. The summed E-state index contributed by atoms with van der Waals surface area (Å²) in [6, 6.07) is 0. The van der Waals surface area contributed by atoms with Crippen LogP contribution in [0.15, 0.2) is 0 Å². The molecule has 1 atom stereocenters. The fraction of sp³-hybridized carbons (Fsp3) is 0.824. The second kappa shape index (κ2) is 9.17. The van der Waals surface area contributed by atoms with E-state index < -0.39 is 6.10 Å². The van der Waals surface area contributed by atoms with E-state index in [-0.39, 0.29) is 0 Å². The SMILES string of the molecule is CCCCc1nc(CCCC)n(CCCC)c1C(C)O. The van der Waals surface area contributed by atoms with E-state index in [9.17, 15) is 5.11 Å². The third-order valence-electron chi connectivity index (χ3n) is 3.81. The van der Waals surface area contributed by atoms with Crippen molar-refractivity contribution in [2.45, 2.75) is 91.7 Å². The van der Waals surface area contributed by atoms with Gasteiger partial charge in [-0.15, -0.1) is 0 Å². The summed E-state index contributed by atoms with van der Waals surface area (Å²) in [6.45, 7) is 9.50. The number of aromatic nitrogens is 2. The Morgan fingerprint density at radius 2 is 1.60 bits per heavy atom. The first-order valence-corrected chi connectivity index (χ1v) is 8.41. The second-order valence-electron chi connectivity index (χ2n) is 5.75. The van der Waals surface area contributed by atoms with Gasteiger partial charge in [-0.25, -0.2) is 4.98 Å². The van der Waals surface area contributed by atoms with Gasteiger partial charge in [-0.05, 0) is 32.6 Å². The number of nitrogens with zero attached hydrogens (tertiary/aromatic N) is 2. The van der Waals surface area contributed by atoms with Crippen LogP contribution in [0.5, 0.6) is 0 Å². The van der Waals surface area contributed by atoms with Gasteiger partial charge in [0.15, 0.2) is 0 Å². The molecule has 3 nitrogen and oxygen atoms in total. The number of unbranched alkanes of at least 4 members (excludes halogenated alkanes) is 3. The van der Waals surface area contributed by atoms with Gasteiger partial charge in [0.05, 0.1) is 17.5 Å². The van der Waals surface area contributed by atoms with Gasteiger partial charge in [0.2, 0.25) is 0 Å². The van der Waals surface area contributed by atoms with Gasteiger partial charge in [-0.2, -0.15) is 0 Å². The summed E-state index contributed by atoms with van der Waals surface area (Å²) >= 11 is 0. The molecule has 0 fully saturated rings. The lowest BCUT2D eigenvalue weighted by Crippen LogP contribution is -2.11. The second-order valence-corrected chi connectivity index (χ2v) is 5.75. The Kier molecular flexibility index (Phi) is 7.90. The Bertz CT molecular complexity index is 383. The predicted molar refractivity (Wildman–Crippen MR) is 85.0 cm³/mol. The van der Waals surface area contributed by atoms with Crippen molar-refractivity contribution in [1.82, 2.24) is 9.55 Å². The molecule has 1 unspecified atom stereocenters. The summed E-state index contributed by atoms with van der Waals surface area (Å²) < 4.78 is 2.30. The number of hydrogen-bond donors (Lipinski definition) is 1. The normalized spacial score (nSPS) is 12.8. The first-order chi connectivity index (χ1) is 9.65. The molecule has 0 aromatic carbocycles. The number of aryl methyl sites for hydroxylation is 2. The van der Waals surface area contributed by atoms with E-state index in [2.05, 4.69) is 25.3 Å². The Hall–Kier alpha value is -0.830. The van der Waals surface area contributed by atoms with Crippen molar-refractivity contribution in [3.05, 3.63) is 17.2 Å². The summed E-state index contributed by atoms with van der Waals surface area (Å²) in [5, 5.41) is 10.2. The van der Waals surface area contributed by atoms with E-state index in [1.165, 1.54) is 31.5 Å². The molecule has 0 saturated heterocycles. The van der Waals surface area contributed by atoms with Gasteiger partial charge in [0.25, 0.3) is 0 Å². The van der Waals surface area contributed by atoms with Crippen LogP contribution in [0, 0.1) is 0 Å². The molecule has 0 aliphatic heterocycles. The topological polar surface area (TPSA) is 38.0 Å². The van der Waals surface area contributed by atoms with E-state index >= 15 is 0 Å². The molecule has 0 saturated carbocycles. The van der Waals surface area contributed by atoms with Crippen LogP contribution in [-0.4, -0.2) is 14.7 Å². The Morgan fingerprint density at radius 3 is 2.15 bits per heavy atom. The van der Waals surface area contributed by atoms with Crippen molar-refractivity contribution in [3.8, 4) is 0 Å². The minimum Gasteiger partial charge on any atom is -0.387 e. The molecular formula is C17H32N2O. The molecule has 1 N–H and O–H groups in total. The van der Waals surface area contributed by atoms with Crippen LogP contribution in [0.2, 0.25) is 0 Å². The molecular weight excluding hydrogens is 248 g/mol. The lowest BCUT2D eigenvalue weighted by Gasteiger charge is -2.14. The van der Waals surface area contributed by atoms with E-state index in [4.69, 9.17) is 4.98 Å². The van der Waals surface area contributed by atoms with Gasteiger partial charge >= 0.3 is 0 Å². The largest absolute Gasteiger partial charge is 0.387 e. The van der Waals surface area contributed by atoms with Crippen molar-refractivity contribution in [2.24, 2.45) is 0 Å². The minimum absolute atomic E-state index is 0.415. The average molecular weight is 280 g/mol. The highest BCUT2D eigenvalue weighted by atomic mass is 16.3. The zero-order chi connectivity index (χ0) is 15.0. The van der Waals surface area contributed by atoms with Crippen molar-refractivity contribution in [2.75, 3.05) is 0 Å². The van der Waals surface area contributed by atoms with Crippen molar-refractivity contribution in [3.63, 3.8) is 0 Å². The molecule has 3 heteroatoms. The quantitative estimate of drug-likeness (QED) is 0.689. The predicted octanol–water partition coefficient (Wildman–Crippen LogP) is 4.42. The highest BCUT2D eigenvalue weighted by molar-refractivity contribution is 5.20. The Balaban J connectivity index is 3.06. The molecule has 0 amide bonds. The minimum atomic E-state index is -0.415.